The maximum absolute atomic E-state index is 13.3. The van der Waals surface area contributed by atoms with Gasteiger partial charge in [-0.25, -0.2) is 4.68 Å². The van der Waals surface area contributed by atoms with E-state index in [1.165, 1.54) is 5.56 Å². The SMILES string of the molecule is CCSc1nc2n(n1)C(c1ccc(OCCc3ccccc3)cc1)C1=C(CC(C)(C)CC1=O)N2. The van der Waals surface area contributed by atoms with Crippen LogP contribution in [-0.4, -0.2) is 32.9 Å². The first-order chi connectivity index (χ1) is 16.4. The Balaban J connectivity index is 1.42. The van der Waals surface area contributed by atoms with Crippen LogP contribution in [0, 0.1) is 5.41 Å². The van der Waals surface area contributed by atoms with Gasteiger partial charge in [0.25, 0.3) is 0 Å². The van der Waals surface area contributed by atoms with Gasteiger partial charge in [0.15, 0.2) is 5.78 Å². The summed E-state index contributed by atoms with van der Waals surface area (Å²) in [5.41, 5.74) is 3.97. The lowest BCUT2D eigenvalue weighted by Gasteiger charge is -2.38. The second kappa shape index (κ2) is 9.29. The molecule has 2 aromatic carbocycles. The summed E-state index contributed by atoms with van der Waals surface area (Å²) in [5, 5.41) is 8.91. The first kappa shape index (κ1) is 22.7. The number of thioether (sulfide) groups is 1. The average molecular weight is 475 g/mol. The van der Waals surface area contributed by atoms with Crippen molar-refractivity contribution in [3.05, 3.63) is 77.0 Å². The van der Waals surface area contributed by atoms with Crippen LogP contribution in [0.15, 0.2) is 71.0 Å². The fourth-order valence-corrected chi connectivity index (χ4v) is 5.32. The summed E-state index contributed by atoms with van der Waals surface area (Å²) in [6.07, 6.45) is 2.21. The standard InChI is InChI=1S/C27H30N4O2S/c1-4-34-26-29-25-28-21-16-27(2,3)17-22(32)23(21)24(31(25)30-26)19-10-12-20(13-11-19)33-15-14-18-8-6-5-7-9-18/h5-13,24H,4,14-17H2,1-3H3,(H,28,29,30). The molecule has 0 amide bonds. The summed E-state index contributed by atoms with van der Waals surface area (Å²) in [6.45, 7) is 6.99. The number of ether oxygens (including phenoxy) is 1. The van der Waals surface area contributed by atoms with Gasteiger partial charge in [-0.3, -0.25) is 4.79 Å². The molecule has 0 radical (unpaired) electrons. The maximum atomic E-state index is 13.3. The number of aromatic nitrogens is 3. The maximum Gasteiger partial charge on any atom is 0.227 e. The summed E-state index contributed by atoms with van der Waals surface area (Å²) in [4.78, 5) is 18.0. The molecule has 2 aliphatic rings. The molecule has 34 heavy (non-hydrogen) atoms. The number of ketones is 1. The lowest BCUT2D eigenvalue weighted by Crippen LogP contribution is -2.36. The number of anilines is 1. The van der Waals surface area contributed by atoms with Crippen LogP contribution in [-0.2, 0) is 11.2 Å². The van der Waals surface area contributed by atoms with Gasteiger partial charge in [0.2, 0.25) is 11.1 Å². The van der Waals surface area contributed by atoms with Crippen LogP contribution in [0.3, 0.4) is 0 Å². The normalized spacial score (nSPS) is 18.8. The molecule has 1 unspecified atom stereocenters. The second-order valence-corrected chi connectivity index (χ2v) is 10.8. The zero-order valence-electron chi connectivity index (χ0n) is 19.9. The molecule has 0 bridgehead atoms. The van der Waals surface area contributed by atoms with Crippen molar-refractivity contribution in [2.24, 2.45) is 5.41 Å². The number of rotatable bonds is 7. The third-order valence-corrected chi connectivity index (χ3v) is 7.00. The molecule has 0 saturated carbocycles. The van der Waals surface area contributed by atoms with Gasteiger partial charge in [0.1, 0.15) is 11.8 Å². The molecule has 2 heterocycles. The zero-order chi connectivity index (χ0) is 23.7. The van der Waals surface area contributed by atoms with Crippen molar-refractivity contribution in [1.82, 2.24) is 14.8 Å². The van der Waals surface area contributed by atoms with E-state index in [-0.39, 0.29) is 17.2 Å². The first-order valence-corrected chi connectivity index (χ1v) is 12.8. The molecule has 1 aliphatic carbocycles. The number of nitrogens with one attached hydrogen (secondary N) is 1. The Labute approximate surface area is 204 Å². The molecule has 0 fully saturated rings. The van der Waals surface area contributed by atoms with Crippen LogP contribution in [0.2, 0.25) is 0 Å². The van der Waals surface area contributed by atoms with Crippen LogP contribution in [0.25, 0.3) is 0 Å². The number of carbonyl (C=O) groups excluding carboxylic acids is 1. The van der Waals surface area contributed by atoms with Gasteiger partial charge in [-0.1, -0.05) is 75.0 Å². The third kappa shape index (κ3) is 4.62. The molecule has 7 heteroatoms. The van der Waals surface area contributed by atoms with E-state index in [0.717, 1.165) is 46.3 Å². The summed E-state index contributed by atoms with van der Waals surface area (Å²) < 4.78 is 7.86. The number of nitrogens with zero attached hydrogens (tertiary/aromatic N) is 3. The number of allylic oxidation sites excluding steroid dienone is 2. The Bertz CT molecular complexity index is 1220. The lowest BCUT2D eigenvalue weighted by atomic mass is 9.73. The predicted molar refractivity (Wildman–Crippen MR) is 135 cm³/mol. The molecule has 1 aromatic heterocycles. The molecule has 6 nitrogen and oxygen atoms in total. The number of Topliss-reactive ketones (excluding diaryl/α,β-unsaturated/α-hetero) is 1. The van der Waals surface area contributed by atoms with E-state index in [1.807, 2.05) is 47.1 Å². The number of benzene rings is 2. The summed E-state index contributed by atoms with van der Waals surface area (Å²) >= 11 is 1.60. The molecule has 5 rings (SSSR count). The smallest absolute Gasteiger partial charge is 0.227 e. The fraction of sp³-hybridized carbons (Fsp3) is 0.370. The molecule has 0 spiro atoms. The highest BCUT2D eigenvalue weighted by molar-refractivity contribution is 7.99. The quantitative estimate of drug-likeness (QED) is 0.445. The Morgan fingerprint density at radius 1 is 1.12 bits per heavy atom. The zero-order valence-corrected chi connectivity index (χ0v) is 20.7. The van der Waals surface area contributed by atoms with Crippen molar-refractivity contribution < 1.29 is 9.53 Å². The minimum Gasteiger partial charge on any atom is -0.493 e. The summed E-state index contributed by atoms with van der Waals surface area (Å²) in [6, 6.07) is 18.1. The van der Waals surface area contributed by atoms with Crippen molar-refractivity contribution >= 4 is 23.5 Å². The highest BCUT2D eigenvalue weighted by Gasteiger charge is 2.41. The number of carbonyl (C=O) groups is 1. The average Bonchev–Trinajstić information content (AvgIpc) is 3.20. The summed E-state index contributed by atoms with van der Waals surface area (Å²) in [5.74, 6) is 2.59. The highest BCUT2D eigenvalue weighted by atomic mass is 32.2. The van der Waals surface area contributed by atoms with E-state index in [2.05, 4.69) is 38.2 Å². The minimum absolute atomic E-state index is 0.0763. The summed E-state index contributed by atoms with van der Waals surface area (Å²) in [7, 11) is 0. The van der Waals surface area contributed by atoms with Crippen molar-refractivity contribution in [2.45, 2.75) is 51.2 Å². The van der Waals surface area contributed by atoms with Gasteiger partial charge in [-0.05, 0) is 40.8 Å². The highest BCUT2D eigenvalue weighted by Crippen LogP contribution is 2.45. The van der Waals surface area contributed by atoms with Crippen molar-refractivity contribution in [3.8, 4) is 5.75 Å². The van der Waals surface area contributed by atoms with E-state index in [4.69, 9.17) is 14.8 Å². The molecule has 1 atom stereocenters. The van der Waals surface area contributed by atoms with Crippen LogP contribution in [0.1, 0.15) is 50.8 Å². The molecule has 3 aromatic rings. The first-order valence-electron chi connectivity index (χ1n) is 11.8. The third-order valence-electron chi connectivity index (χ3n) is 6.28. The van der Waals surface area contributed by atoms with Gasteiger partial charge in [0.05, 0.1) is 6.61 Å². The van der Waals surface area contributed by atoms with Crippen LogP contribution < -0.4 is 10.1 Å². The van der Waals surface area contributed by atoms with Gasteiger partial charge in [-0.2, -0.15) is 4.98 Å². The van der Waals surface area contributed by atoms with Crippen molar-refractivity contribution in [3.63, 3.8) is 0 Å². The Kier molecular flexibility index (Phi) is 6.21. The van der Waals surface area contributed by atoms with Gasteiger partial charge in [-0.15, -0.1) is 5.10 Å². The van der Waals surface area contributed by atoms with E-state index < -0.39 is 0 Å². The van der Waals surface area contributed by atoms with E-state index in [0.29, 0.717) is 19.0 Å². The number of fused-ring (bicyclic) bond motifs is 1. The lowest BCUT2D eigenvalue weighted by molar-refractivity contribution is -0.118. The van der Waals surface area contributed by atoms with E-state index in [1.54, 1.807) is 11.8 Å². The Morgan fingerprint density at radius 2 is 1.88 bits per heavy atom. The second-order valence-electron chi connectivity index (χ2n) is 9.61. The predicted octanol–water partition coefficient (Wildman–Crippen LogP) is 5.67. The molecule has 1 N–H and O–H groups in total. The minimum atomic E-state index is -0.285. The van der Waals surface area contributed by atoms with Gasteiger partial charge >= 0.3 is 0 Å². The molecular formula is C27H30N4O2S. The number of hydrogen-bond acceptors (Lipinski definition) is 6. The van der Waals surface area contributed by atoms with Gasteiger partial charge < -0.3 is 10.1 Å². The fourth-order valence-electron chi connectivity index (χ4n) is 4.77. The number of hydrogen-bond donors (Lipinski definition) is 1. The van der Waals surface area contributed by atoms with Crippen LogP contribution >= 0.6 is 11.8 Å². The molecule has 0 saturated heterocycles. The Morgan fingerprint density at radius 3 is 2.62 bits per heavy atom. The van der Waals surface area contributed by atoms with Gasteiger partial charge in [0, 0.05) is 24.1 Å². The van der Waals surface area contributed by atoms with E-state index in [9.17, 15) is 4.79 Å². The topological polar surface area (TPSA) is 69.0 Å². The van der Waals surface area contributed by atoms with Crippen LogP contribution in [0.4, 0.5) is 5.95 Å². The van der Waals surface area contributed by atoms with Crippen LogP contribution in [0.5, 0.6) is 5.75 Å². The molecule has 176 valence electrons. The molecule has 1 aliphatic heterocycles. The van der Waals surface area contributed by atoms with Crippen molar-refractivity contribution in [1.29, 1.82) is 0 Å². The monoisotopic (exact) mass is 474 g/mol. The van der Waals surface area contributed by atoms with E-state index >= 15 is 0 Å². The van der Waals surface area contributed by atoms with Crippen molar-refractivity contribution in [2.75, 3.05) is 17.7 Å². The largest absolute Gasteiger partial charge is 0.493 e. The Hall–Kier alpha value is -3.06. The molecular weight excluding hydrogens is 444 g/mol.